The summed E-state index contributed by atoms with van der Waals surface area (Å²) in [5.74, 6) is -0.302. The van der Waals surface area contributed by atoms with Gasteiger partial charge in [-0.3, -0.25) is 4.79 Å². The van der Waals surface area contributed by atoms with Crippen molar-refractivity contribution in [1.82, 2.24) is 4.90 Å². The fourth-order valence-corrected chi connectivity index (χ4v) is 4.24. The Balaban J connectivity index is 3.48. The van der Waals surface area contributed by atoms with E-state index in [0.29, 0.717) is 5.00 Å². The Morgan fingerprint density at radius 2 is 1.89 bits per heavy atom. The molecule has 108 valence electrons. The SMILES string of the molecule is CC(C)Nc1sc(C(=O)N(C)C)c(N)c1S(C)(=O)=O. The molecule has 0 fully saturated rings. The maximum Gasteiger partial charge on any atom is 0.265 e. The van der Waals surface area contributed by atoms with Crippen molar-refractivity contribution in [2.75, 3.05) is 31.4 Å². The highest BCUT2D eigenvalue weighted by Crippen LogP contribution is 2.39. The summed E-state index contributed by atoms with van der Waals surface area (Å²) in [6.45, 7) is 3.77. The maximum absolute atomic E-state index is 12.0. The molecular formula is C11H19N3O3S2. The van der Waals surface area contributed by atoms with Gasteiger partial charge >= 0.3 is 0 Å². The molecular weight excluding hydrogens is 286 g/mol. The van der Waals surface area contributed by atoms with E-state index in [0.717, 1.165) is 17.6 Å². The zero-order chi connectivity index (χ0) is 15.0. The van der Waals surface area contributed by atoms with E-state index in [9.17, 15) is 13.2 Å². The normalized spacial score (nSPS) is 11.7. The number of carbonyl (C=O) groups excluding carboxylic acids is 1. The lowest BCUT2D eigenvalue weighted by atomic mass is 10.3. The first-order chi connectivity index (χ1) is 8.55. The van der Waals surface area contributed by atoms with Crippen molar-refractivity contribution in [2.24, 2.45) is 0 Å². The number of nitrogens with one attached hydrogen (secondary N) is 1. The van der Waals surface area contributed by atoms with Gasteiger partial charge in [0.1, 0.15) is 14.8 Å². The number of nitrogens with two attached hydrogens (primary N) is 1. The molecule has 1 rings (SSSR count). The second-order valence-corrected chi connectivity index (χ2v) is 7.75. The van der Waals surface area contributed by atoms with Crippen LogP contribution in [0.3, 0.4) is 0 Å². The Labute approximate surface area is 117 Å². The van der Waals surface area contributed by atoms with Crippen LogP contribution in [0, 0.1) is 0 Å². The molecule has 0 aliphatic rings. The first-order valence-corrected chi connectivity index (χ1v) is 8.37. The highest BCUT2D eigenvalue weighted by atomic mass is 32.2. The average Bonchev–Trinajstić information content (AvgIpc) is 2.52. The molecule has 8 heteroatoms. The van der Waals surface area contributed by atoms with Gasteiger partial charge in [0.05, 0.1) is 5.69 Å². The average molecular weight is 305 g/mol. The van der Waals surface area contributed by atoms with Gasteiger partial charge in [-0.2, -0.15) is 0 Å². The number of rotatable bonds is 4. The van der Waals surface area contributed by atoms with Gasteiger partial charge < -0.3 is 16.0 Å². The van der Waals surface area contributed by atoms with E-state index in [1.807, 2.05) is 13.8 Å². The van der Waals surface area contributed by atoms with E-state index in [1.165, 1.54) is 4.90 Å². The number of sulfone groups is 1. The van der Waals surface area contributed by atoms with Crippen LogP contribution in [0.5, 0.6) is 0 Å². The van der Waals surface area contributed by atoms with Gasteiger partial charge in [0.25, 0.3) is 5.91 Å². The van der Waals surface area contributed by atoms with E-state index in [4.69, 9.17) is 5.73 Å². The number of anilines is 2. The van der Waals surface area contributed by atoms with Crippen molar-refractivity contribution in [1.29, 1.82) is 0 Å². The summed E-state index contributed by atoms with van der Waals surface area (Å²) < 4.78 is 23.6. The lowest BCUT2D eigenvalue weighted by molar-refractivity contribution is 0.0833. The van der Waals surface area contributed by atoms with E-state index in [2.05, 4.69) is 5.32 Å². The van der Waals surface area contributed by atoms with Crippen molar-refractivity contribution in [3.8, 4) is 0 Å². The second kappa shape index (κ2) is 5.38. The largest absolute Gasteiger partial charge is 0.396 e. The van der Waals surface area contributed by atoms with Gasteiger partial charge in [0, 0.05) is 26.4 Å². The topological polar surface area (TPSA) is 92.5 Å². The quantitative estimate of drug-likeness (QED) is 0.873. The Bertz CT molecular complexity index is 589. The van der Waals surface area contributed by atoms with Gasteiger partial charge in [-0.15, -0.1) is 11.3 Å². The summed E-state index contributed by atoms with van der Waals surface area (Å²) >= 11 is 1.07. The molecule has 0 aliphatic carbocycles. The van der Waals surface area contributed by atoms with Crippen LogP contribution in [-0.4, -0.2) is 45.6 Å². The predicted octanol–water partition coefficient (Wildman–Crippen LogP) is 1.26. The van der Waals surface area contributed by atoms with Crippen molar-refractivity contribution < 1.29 is 13.2 Å². The van der Waals surface area contributed by atoms with Crippen LogP contribution >= 0.6 is 11.3 Å². The van der Waals surface area contributed by atoms with Gasteiger partial charge in [0.15, 0.2) is 9.84 Å². The van der Waals surface area contributed by atoms with E-state index < -0.39 is 9.84 Å². The standard InChI is InChI=1S/C11H19N3O3S2/c1-6(2)13-10-9(19(5,16)17)7(12)8(18-10)11(15)14(3)4/h6,13H,12H2,1-5H3. The second-order valence-electron chi connectivity index (χ2n) is 4.77. The Hall–Kier alpha value is -1.28. The molecule has 1 aromatic heterocycles. The zero-order valence-corrected chi connectivity index (χ0v) is 13.3. The van der Waals surface area contributed by atoms with E-state index in [1.54, 1.807) is 14.1 Å². The monoisotopic (exact) mass is 305 g/mol. The molecule has 1 amide bonds. The Morgan fingerprint density at radius 3 is 2.26 bits per heavy atom. The number of thiophene rings is 1. The van der Waals surface area contributed by atoms with Crippen molar-refractivity contribution >= 4 is 37.8 Å². The summed E-state index contributed by atoms with van der Waals surface area (Å²) in [6, 6.07) is 0.0425. The van der Waals surface area contributed by atoms with Crippen molar-refractivity contribution in [3.05, 3.63) is 4.88 Å². The van der Waals surface area contributed by atoms with Crippen molar-refractivity contribution in [3.63, 3.8) is 0 Å². The van der Waals surface area contributed by atoms with Crippen LogP contribution < -0.4 is 11.1 Å². The molecule has 0 aromatic carbocycles. The Morgan fingerprint density at radius 1 is 1.37 bits per heavy atom. The molecule has 0 spiro atoms. The lowest BCUT2D eigenvalue weighted by Gasteiger charge is -2.09. The predicted molar refractivity (Wildman–Crippen MR) is 78.6 cm³/mol. The zero-order valence-electron chi connectivity index (χ0n) is 11.6. The van der Waals surface area contributed by atoms with Crippen LogP contribution in [0.4, 0.5) is 10.7 Å². The molecule has 6 nitrogen and oxygen atoms in total. The number of nitrogens with zero attached hydrogens (tertiary/aromatic N) is 1. The van der Waals surface area contributed by atoms with E-state index in [-0.39, 0.29) is 27.4 Å². The summed E-state index contributed by atoms with van der Waals surface area (Å²) in [4.78, 5) is 13.6. The molecule has 0 radical (unpaired) electrons. The minimum absolute atomic E-state index is 0.0106. The van der Waals surface area contributed by atoms with Gasteiger partial charge in [-0.1, -0.05) is 0 Å². The maximum atomic E-state index is 12.0. The third-order valence-electron chi connectivity index (χ3n) is 2.29. The minimum Gasteiger partial charge on any atom is -0.396 e. The number of carbonyl (C=O) groups is 1. The fraction of sp³-hybridized carbons (Fsp3) is 0.545. The Kier molecular flexibility index (Phi) is 4.46. The summed E-state index contributed by atoms with van der Waals surface area (Å²) in [7, 11) is -0.307. The molecule has 0 bridgehead atoms. The molecule has 0 saturated carbocycles. The smallest absolute Gasteiger partial charge is 0.265 e. The van der Waals surface area contributed by atoms with Crippen LogP contribution in [0.2, 0.25) is 0 Å². The van der Waals surface area contributed by atoms with Crippen molar-refractivity contribution in [2.45, 2.75) is 24.8 Å². The summed E-state index contributed by atoms with van der Waals surface area (Å²) in [6.07, 6.45) is 1.08. The number of hydrogen-bond donors (Lipinski definition) is 2. The van der Waals surface area contributed by atoms with Crippen LogP contribution in [0.1, 0.15) is 23.5 Å². The highest BCUT2D eigenvalue weighted by molar-refractivity contribution is 7.91. The van der Waals surface area contributed by atoms with Gasteiger partial charge in [0.2, 0.25) is 0 Å². The molecule has 0 unspecified atom stereocenters. The molecule has 0 saturated heterocycles. The molecule has 3 N–H and O–H groups in total. The number of nitrogen functional groups attached to an aromatic ring is 1. The minimum atomic E-state index is -3.50. The molecule has 1 aromatic rings. The number of amides is 1. The lowest BCUT2D eigenvalue weighted by Crippen LogP contribution is -2.21. The van der Waals surface area contributed by atoms with Crippen LogP contribution in [0.15, 0.2) is 4.90 Å². The number of hydrogen-bond acceptors (Lipinski definition) is 6. The third-order valence-corrected chi connectivity index (χ3v) is 4.71. The first kappa shape index (κ1) is 15.8. The highest BCUT2D eigenvalue weighted by Gasteiger charge is 2.27. The molecule has 19 heavy (non-hydrogen) atoms. The van der Waals surface area contributed by atoms with Crippen LogP contribution in [-0.2, 0) is 9.84 Å². The fourth-order valence-electron chi connectivity index (χ4n) is 1.52. The molecule has 0 atom stereocenters. The van der Waals surface area contributed by atoms with Gasteiger partial charge in [-0.25, -0.2) is 8.42 Å². The molecule has 1 heterocycles. The third kappa shape index (κ3) is 3.38. The van der Waals surface area contributed by atoms with E-state index >= 15 is 0 Å². The summed E-state index contributed by atoms with van der Waals surface area (Å²) in [5.41, 5.74) is 5.87. The van der Waals surface area contributed by atoms with Gasteiger partial charge in [-0.05, 0) is 13.8 Å². The molecule has 0 aliphatic heterocycles. The first-order valence-electron chi connectivity index (χ1n) is 5.66. The van der Waals surface area contributed by atoms with Crippen LogP contribution in [0.25, 0.3) is 0 Å². The summed E-state index contributed by atoms with van der Waals surface area (Å²) in [5, 5.41) is 3.44.